The zero-order valence-electron chi connectivity index (χ0n) is 14.3. The lowest BCUT2D eigenvalue weighted by atomic mass is 9.48. The lowest BCUT2D eigenvalue weighted by Crippen LogP contribution is -2.63. The van der Waals surface area contributed by atoms with Crippen molar-refractivity contribution in [2.75, 3.05) is 5.73 Å². The smallest absolute Gasteiger partial charge is 0.318 e. The average molecular weight is 324 g/mol. The number of benzene rings is 1. The van der Waals surface area contributed by atoms with Crippen molar-refractivity contribution in [2.24, 2.45) is 23.2 Å². The van der Waals surface area contributed by atoms with Gasteiger partial charge in [0.25, 0.3) is 0 Å². The Balaban J connectivity index is 1.64. The largest absolute Gasteiger partial charge is 0.441 e. The fraction of sp³-hybridized carbons (Fsp3) is 0.600. The van der Waals surface area contributed by atoms with E-state index in [1.807, 2.05) is 28.8 Å². The van der Waals surface area contributed by atoms with E-state index in [4.69, 9.17) is 5.73 Å². The van der Waals surface area contributed by atoms with Crippen LogP contribution in [0.3, 0.4) is 0 Å². The van der Waals surface area contributed by atoms with E-state index in [-0.39, 0.29) is 17.1 Å². The minimum absolute atomic E-state index is 0.0607. The molecule has 6 rings (SSSR count). The third-order valence-corrected chi connectivity index (χ3v) is 7.28. The second-order valence-electron chi connectivity index (χ2n) is 8.69. The summed E-state index contributed by atoms with van der Waals surface area (Å²) in [7, 11) is 0. The van der Waals surface area contributed by atoms with Gasteiger partial charge in [0, 0.05) is 5.41 Å². The van der Waals surface area contributed by atoms with Gasteiger partial charge in [-0.15, -0.1) is 0 Å². The molecule has 4 aliphatic carbocycles. The van der Waals surface area contributed by atoms with Gasteiger partial charge in [-0.2, -0.15) is 4.57 Å². The predicted octanol–water partition coefficient (Wildman–Crippen LogP) is 3.18. The molecule has 0 aliphatic heterocycles. The molecule has 4 aliphatic rings. The van der Waals surface area contributed by atoms with Crippen LogP contribution in [-0.2, 0) is 0 Å². The molecule has 1 aromatic heterocycles. The first-order valence-corrected chi connectivity index (χ1v) is 9.38. The number of nitrogens with zero attached hydrogens (tertiary/aromatic N) is 1. The molecular formula is C20H26N3O+. The van der Waals surface area contributed by atoms with Crippen molar-refractivity contribution in [3.8, 4) is 0 Å². The molecule has 1 heterocycles. The van der Waals surface area contributed by atoms with E-state index < -0.39 is 0 Å². The van der Waals surface area contributed by atoms with Crippen LogP contribution < -0.4 is 16.0 Å². The van der Waals surface area contributed by atoms with Crippen molar-refractivity contribution in [1.29, 1.82) is 0 Å². The fourth-order valence-electron chi connectivity index (χ4n) is 6.58. The number of anilines is 1. The summed E-state index contributed by atoms with van der Waals surface area (Å²) in [5.41, 5.74) is 7.52. The minimum Gasteiger partial charge on any atom is -0.318 e. The molecule has 24 heavy (non-hydrogen) atoms. The van der Waals surface area contributed by atoms with Crippen LogP contribution in [0.25, 0.3) is 10.9 Å². The summed E-state index contributed by atoms with van der Waals surface area (Å²) in [6.07, 6.45) is 8.08. The van der Waals surface area contributed by atoms with Gasteiger partial charge in [0.2, 0.25) is 5.82 Å². The number of rotatable bonds is 2. The molecule has 0 spiro atoms. The third-order valence-electron chi connectivity index (χ3n) is 7.28. The second kappa shape index (κ2) is 4.84. The van der Waals surface area contributed by atoms with E-state index >= 15 is 0 Å². The van der Waals surface area contributed by atoms with Crippen LogP contribution >= 0.6 is 0 Å². The summed E-state index contributed by atoms with van der Waals surface area (Å²) in [5.74, 6) is 3.25. The van der Waals surface area contributed by atoms with Crippen molar-refractivity contribution in [1.82, 2.24) is 4.98 Å². The van der Waals surface area contributed by atoms with Crippen LogP contribution in [0, 0.1) is 23.2 Å². The Bertz CT molecular complexity index is 834. The van der Waals surface area contributed by atoms with Gasteiger partial charge < -0.3 is 5.73 Å². The molecule has 0 radical (unpaired) electrons. The Morgan fingerprint density at radius 2 is 1.71 bits per heavy atom. The van der Waals surface area contributed by atoms with Crippen molar-refractivity contribution in [3.05, 3.63) is 34.7 Å². The maximum absolute atomic E-state index is 12.8. The summed E-state index contributed by atoms with van der Waals surface area (Å²) in [6, 6.07) is 8.01. The molecule has 0 amide bonds. The maximum Gasteiger partial charge on any atom is 0.441 e. The topological polar surface area (TPSA) is 62.8 Å². The Morgan fingerprint density at radius 1 is 1.12 bits per heavy atom. The fourth-order valence-corrected chi connectivity index (χ4v) is 6.58. The first kappa shape index (κ1) is 14.5. The van der Waals surface area contributed by atoms with Gasteiger partial charge in [0.05, 0.1) is 11.4 Å². The number of hydrogen-bond acceptors (Lipinski definition) is 2. The summed E-state index contributed by atoms with van der Waals surface area (Å²) < 4.78 is 1.86. The lowest BCUT2D eigenvalue weighted by Gasteiger charge is -2.58. The molecule has 1 unspecified atom stereocenters. The number of nitrogens with one attached hydrogen (secondary N) is 1. The number of aromatic amines is 1. The van der Waals surface area contributed by atoms with Crippen LogP contribution in [0.4, 0.5) is 5.82 Å². The van der Waals surface area contributed by atoms with E-state index in [1.165, 1.54) is 38.5 Å². The molecule has 4 bridgehead atoms. The summed E-state index contributed by atoms with van der Waals surface area (Å²) in [6.45, 7) is 2.23. The predicted molar refractivity (Wildman–Crippen MR) is 94.5 cm³/mol. The first-order chi connectivity index (χ1) is 11.6. The van der Waals surface area contributed by atoms with Gasteiger partial charge >= 0.3 is 5.69 Å². The Kier molecular flexibility index (Phi) is 2.92. The molecule has 1 aromatic carbocycles. The van der Waals surface area contributed by atoms with Crippen molar-refractivity contribution >= 4 is 16.7 Å². The third kappa shape index (κ3) is 1.92. The number of H-pyrrole nitrogens is 1. The standard InChI is InChI=1S/C20H25N3O/c1-12(20-9-13-6-14(10-20)8-15(7-13)11-20)23-18(21)16-4-2-3-5-17(16)22-19(23)24/h2-5,12-15H,6-11H2,1H3,(H2,21,22,24)/p+1. The molecule has 4 saturated carbocycles. The Labute approximate surface area is 142 Å². The second-order valence-corrected chi connectivity index (χ2v) is 8.69. The number of nitrogens with two attached hydrogens (primary N) is 1. The van der Waals surface area contributed by atoms with Gasteiger partial charge in [0.1, 0.15) is 5.52 Å². The number of para-hydroxylation sites is 1. The quantitative estimate of drug-likeness (QED) is 0.834. The van der Waals surface area contributed by atoms with E-state index in [9.17, 15) is 4.79 Å². The molecule has 3 N–H and O–H groups in total. The van der Waals surface area contributed by atoms with E-state index in [1.54, 1.807) is 0 Å². The highest BCUT2D eigenvalue weighted by atomic mass is 16.1. The van der Waals surface area contributed by atoms with Gasteiger partial charge in [-0.1, -0.05) is 12.1 Å². The van der Waals surface area contributed by atoms with Crippen LogP contribution in [-0.4, -0.2) is 4.98 Å². The highest BCUT2D eigenvalue weighted by Gasteiger charge is 2.55. The molecular weight excluding hydrogens is 298 g/mol. The molecule has 4 heteroatoms. The Morgan fingerprint density at radius 3 is 2.33 bits per heavy atom. The van der Waals surface area contributed by atoms with E-state index in [0.717, 1.165) is 28.7 Å². The van der Waals surface area contributed by atoms with E-state index in [0.29, 0.717) is 5.82 Å². The normalized spacial score (nSPS) is 35.5. The number of hydrogen-bond donors (Lipinski definition) is 2. The van der Waals surface area contributed by atoms with Gasteiger partial charge in [-0.05, 0) is 75.3 Å². The van der Waals surface area contributed by atoms with E-state index in [2.05, 4.69) is 11.9 Å². The van der Waals surface area contributed by atoms with Crippen molar-refractivity contribution < 1.29 is 4.57 Å². The van der Waals surface area contributed by atoms with Crippen molar-refractivity contribution in [3.63, 3.8) is 0 Å². The molecule has 0 saturated heterocycles. The SMILES string of the molecule is CC([n+]1c(N)c2ccccc2[nH]c1=O)C12CC3CC(CC(C3)C1)C2. The molecule has 4 nitrogen and oxygen atoms in total. The molecule has 126 valence electrons. The summed E-state index contributed by atoms with van der Waals surface area (Å²) in [5, 5.41) is 0.952. The minimum atomic E-state index is -0.0607. The van der Waals surface area contributed by atoms with Crippen LogP contribution in [0.1, 0.15) is 51.5 Å². The lowest BCUT2D eigenvalue weighted by molar-refractivity contribution is -0.737. The zero-order chi connectivity index (χ0) is 16.5. The summed E-state index contributed by atoms with van der Waals surface area (Å²) in [4.78, 5) is 15.9. The van der Waals surface area contributed by atoms with Gasteiger partial charge in [-0.25, -0.2) is 9.78 Å². The molecule has 1 atom stereocenters. The van der Waals surface area contributed by atoms with Crippen LogP contribution in [0.15, 0.2) is 29.1 Å². The number of nitrogen functional groups attached to an aromatic ring is 1. The number of aromatic nitrogens is 2. The van der Waals surface area contributed by atoms with Crippen LogP contribution in [0.2, 0.25) is 0 Å². The molecule has 2 aromatic rings. The maximum atomic E-state index is 12.8. The van der Waals surface area contributed by atoms with Gasteiger partial charge in [-0.3, -0.25) is 0 Å². The summed E-state index contributed by atoms with van der Waals surface area (Å²) >= 11 is 0. The highest BCUT2D eigenvalue weighted by molar-refractivity contribution is 5.85. The average Bonchev–Trinajstić information content (AvgIpc) is 2.53. The van der Waals surface area contributed by atoms with Gasteiger partial charge in [0.15, 0.2) is 0 Å². The zero-order valence-corrected chi connectivity index (χ0v) is 14.3. The molecule has 4 fully saturated rings. The Hall–Kier alpha value is -1.84. The highest BCUT2D eigenvalue weighted by Crippen LogP contribution is 2.62. The van der Waals surface area contributed by atoms with Crippen molar-refractivity contribution in [2.45, 2.75) is 51.5 Å². The monoisotopic (exact) mass is 324 g/mol. The first-order valence-electron chi connectivity index (χ1n) is 9.38. The number of fused-ring (bicyclic) bond motifs is 1. The van der Waals surface area contributed by atoms with Crippen LogP contribution in [0.5, 0.6) is 0 Å².